The van der Waals surface area contributed by atoms with E-state index in [-0.39, 0.29) is 5.82 Å². The fraction of sp³-hybridized carbons (Fsp3) is 0.381. The van der Waals surface area contributed by atoms with Crippen LogP contribution >= 0.6 is 11.3 Å². The summed E-state index contributed by atoms with van der Waals surface area (Å²) in [7, 11) is 0. The summed E-state index contributed by atoms with van der Waals surface area (Å²) in [5.74, 6) is 0.775. The van der Waals surface area contributed by atoms with Gasteiger partial charge in [0.25, 0.3) is 0 Å². The molecule has 0 saturated carbocycles. The van der Waals surface area contributed by atoms with E-state index in [4.69, 9.17) is 0 Å². The molecule has 0 aliphatic carbocycles. The van der Waals surface area contributed by atoms with E-state index >= 15 is 0 Å². The van der Waals surface area contributed by atoms with Crippen molar-refractivity contribution in [2.75, 3.05) is 29.4 Å². The predicted octanol–water partition coefficient (Wildman–Crippen LogP) is 4.08. The second-order valence-electron chi connectivity index (χ2n) is 7.49. The van der Waals surface area contributed by atoms with Gasteiger partial charge in [-0.05, 0) is 56.0 Å². The van der Waals surface area contributed by atoms with E-state index in [0.717, 1.165) is 61.1 Å². The van der Waals surface area contributed by atoms with Crippen molar-refractivity contribution < 1.29 is 4.39 Å². The van der Waals surface area contributed by atoms with Gasteiger partial charge in [-0.15, -0.1) is 21.5 Å². The third-order valence-corrected chi connectivity index (χ3v) is 6.63. The predicted molar refractivity (Wildman–Crippen MR) is 111 cm³/mol. The van der Waals surface area contributed by atoms with E-state index < -0.39 is 0 Å². The monoisotopic (exact) mass is 395 g/mol. The molecule has 2 aromatic heterocycles. The number of rotatable bonds is 3. The van der Waals surface area contributed by atoms with Crippen molar-refractivity contribution >= 4 is 22.8 Å². The zero-order chi connectivity index (χ0) is 19.1. The minimum absolute atomic E-state index is 0.145. The number of halogens is 1. The Hall–Kier alpha value is -2.54. The molecule has 0 N–H and O–H groups in total. The molecule has 1 aromatic carbocycles. The van der Waals surface area contributed by atoms with Crippen LogP contribution in [0.2, 0.25) is 0 Å². The summed E-state index contributed by atoms with van der Waals surface area (Å²) in [4.78, 5) is 10.2. The van der Waals surface area contributed by atoms with Crippen LogP contribution in [0.5, 0.6) is 0 Å². The summed E-state index contributed by atoms with van der Waals surface area (Å²) in [6, 6.07) is 9.71. The first-order chi connectivity index (χ1) is 13.7. The molecule has 144 valence electrons. The molecule has 2 aliphatic rings. The van der Waals surface area contributed by atoms with Gasteiger partial charge in [0.1, 0.15) is 16.5 Å². The van der Waals surface area contributed by atoms with E-state index in [1.807, 2.05) is 31.3 Å². The van der Waals surface area contributed by atoms with E-state index in [0.29, 0.717) is 6.04 Å². The maximum atomic E-state index is 13.7. The molecule has 0 atom stereocenters. The lowest BCUT2D eigenvalue weighted by Crippen LogP contribution is -2.44. The Bertz CT molecular complexity index is 979. The van der Waals surface area contributed by atoms with Crippen LogP contribution in [-0.4, -0.2) is 40.9 Å². The Morgan fingerprint density at radius 2 is 1.93 bits per heavy atom. The first-order valence-electron chi connectivity index (χ1n) is 9.74. The van der Waals surface area contributed by atoms with Crippen molar-refractivity contribution in [2.45, 2.75) is 32.2 Å². The smallest absolute Gasteiger partial charge is 0.151 e. The molecule has 7 heteroatoms. The topological polar surface area (TPSA) is 45.2 Å². The number of thiazole rings is 1. The maximum Gasteiger partial charge on any atom is 0.151 e. The highest BCUT2D eigenvalue weighted by molar-refractivity contribution is 7.14. The van der Waals surface area contributed by atoms with Gasteiger partial charge in [-0.3, -0.25) is 0 Å². The number of aryl methyl sites for hydroxylation is 1. The minimum atomic E-state index is -0.145. The Labute approximate surface area is 167 Å². The second kappa shape index (κ2) is 7.13. The third kappa shape index (κ3) is 3.24. The summed E-state index contributed by atoms with van der Waals surface area (Å²) < 4.78 is 13.7. The quantitative estimate of drug-likeness (QED) is 0.669. The lowest BCUT2D eigenvalue weighted by molar-refractivity contribution is 0.469. The Kier molecular flexibility index (Phi) is 4.47. The maximum absolute atomic E-state index is 13.7. The van der Waals surface area contributed by atoms with Gasteiger partial charge in [0, 0.05) is 42.4 Å². The first-order valence-corrected chi connectivity index (χ1v) is 10.6. The molecule has 1 fully saturated rings. The Morgan fingerprint density at radius 3 is 2.64 bits per heavy atom. The van der Waals surface area contributed by atoms with Crippen molar-refractivity contribution in [2.24, 2.45) is 0 Å². The SMILES string of the molecule is Cc1cnc(-c2ccc(N3CCC(N4CCc5ccc(F)cc54)CC3)nn2)s1. The van der Waals surface area contributed by atoms with Gasteiger partial charge >= 0.3 is 0 Å². The highest BCUT2D eigenvalue weighted by atomic mass is 32.1. The summed E-state index contributed by atoms with van der Waals surface area (Å²) in [6.07, 6.45) is 4.97. The number of benzene rings is 1. The van der Waals surface area contributed by atoms with Crippen molar-refractivity contribution in [1.29, 1.82) is 0 Å². The van der Waals surface area contributed by atoms with Gasteiger partial charge in [0.2, 0.25) is 0 Å². The van der Waals surface area contributed by atoms with Crippen molar-refractivity contribution in [3.05, 3.63) is 52.8 Å². The molecule has 0 unspecified atom stereocenters. The largest absolute Gasteiger partial charge is 0.368 e. The lowest BCUT2D eigenvalue weighted by atomic mass is 10.0. The number of hydrogen-bond donors (Lipinski definition) is 0. The van der Waals surface area contributed by atoms with Crippen molar-refractivity contribution in [3.8, 4) is 10.7 Å². The second-order valence-corrected chi connectivity index (χ2v) is 8.72. The molecule has 4 heterocycles. The number of fused-ring (bicyclic) bond motifs is 1. The van der Waals surface area contributed by atoms with Gasteiger partial charge in [-0.2, -0.15) is 0 Å². The summed E-state index contributed by atoms with van der Waals surface area (Å²) in [5.41, 5.74) is 3.18. The van der Waals surface area contributed by atoms with Crippen LogP contribution in [-0.2, 0) is 6.42 Å². The van der Waals surface area contributed by atoms with Crippen molar-refractivity contribution in [3.63, 3.8) is 0 Å². The van der Waals surface area contributed by atoms with Crippen molar-refractivity contribution in [1.82, 2.24) is 15.2 Å². The number of hydrogen-bond acceptors (Lipinski definition) is 6. The van der Waals surface area contributed by atoms with E-state index in [2.05, 4.69) is 25.0 Å². The van der Waals surface area contributed by atoms with Gasteiger partial charge in [0.15, 0.2) is 5.82 Å². The standard InChI is InChI=1S/C21H22FN5S/c1-14-13-23-21(28-14)18-4-5-20(25-24-18)26-9-7-17(8-10-26)27-11-6-15-2-3-16(22)12-19(15)27/h2-5,12-13,17H,6-11H2,1H3. The number of anilines is 2. The normalized spacial score (nSPS) is 17.2. The molecule has 5 nitrogen and oxygen atoms in total. The highest BCUT2D eigenvalue weighted by Gasteiger charge is 2.30. The molecule has 5 rings (SSSR count). The number of aromatic nitrogens is 3. The summed E-state index contributed by atoms with van der Waals surface area (Å²) in [5, 5.41) is 9.73. The zero-order valence-electron chi connectivity index (χ0n) is 15.8. The Balaban J connectivity index is 1.25. The van der Waals surface area contributed by atoms with E-state index in [1.54, 1.807) is 23.5 Å². The van der Waals surface area contributed by atoms with Crippen LogP contribution < -0.4 is 9.80 Å². The lowest BCUT2D eigenvalue weighted by Gasteiger charge is -2.38. The molecule has 1 saturated heterocycles. The first kappa shape index (κ1) is 17.6. The molecule has 0 bridgehead atoms. The van der Waals surface area contributed by atoms with Gasteiger partial charge in [-0.1, -0.05) is 6.07 Å². The fourth-order valence-electron chi connectivity index (χ4n) is 4.24. The zero-order valence-corrected chi connectivity index (χ0v) is 16.6. The third-order valence-electron chi connectivity index (χ3n) is 5.70. The fourth-order valence-corrected chi connectivity index (χ4v) is 4.97. The van der Waals surface area contributed by atoms with Gasteiger partial charge in [-0.25, -0.2) is 9.37 Å². The average Bonchev–Trinajstić information content (AvgIpc) is 3.34. The van der Waals surface area contributed by atoms with Gasteiger partial charge < -0.3 is 9.80 Å². The molecule has 0 spiro atoms. The Morgan fingerprint density at radius 1 is 1.07 bits per heavy atom. The van der Waals surface area contributed by atoms with Gasteiger partial charge in [0.05, 0.1) is 0 Å². The molecule has 0 amide bonds. The average molecular weight is 396 g/mol. The number of piperidine rings is 1. The molecule has 3 aromatic rings. The molecule has 0 radical (unpaired) electrons. The van der Waals surface area contributed by atoms with Crippen LogP contribution in [0.25, 0.3) is 10.7 Å². The minimum Gasteiger partial charge on any atom is -0.368 e. The molecule has 2 aliphatic heterocycles. The molecular weight excluding hydrogens is 373 g/mol. The van der Waals surface area contributed by atoms with Crippen LogP contribution in [0.4, 0.5) is 15.9 Å². The van der Waals surface area contributed by atoms with Crippen LogP contribution in [0.3, 0.4) is 0 Å². The summed E-state index contributed by atoms with van der Waals surface area (Å²) in [6.45, 7) is 4.91. The van der Waals surface area contributed by atoms with E-state index in [9.17, 15) is 4.39 Å². The van der Waals surface area contributed by atoms with E-state index in [1.165, 1.54) is 10.4 Å². The van der Waals surface area contributed by atoms with Crippen LogP contribution in [0, 0.1) is 12.7 Å². The van der Waals surface area contributed by atoms with Crippen LogP contribution in [0.1, 0.15) is 23.3 Å². The number of nitrogens with zero attached hydrogens (tertiary/aromatic N) is 5. The highest BCUT2D eigenvalue weighted by Crippen LogP contribution is 2.34. The molecule has 28 heavy (non-hydrogen) atoms. The molecular formula is C21H22FN5S. The van der Waals surface area contributed by atoms with Crippen LogP contribution in [0.15, 0.2) is 36.5 Å². The summed E-state index contributed by atoms with van der Waals surface area (Å²) >= 11 is 1.63.